The monoisotopic (exact) mass is 297 g/mol. The minimum Gasteiger partial charge on any atom is -0.378 e. The Morgan fingerprint density at radius 1 is 1.50 bits per heavy atom. The molecule has 3 N–H and O–H groups in total. The van der Waals surface area contributed by atoms with E-state index in [1.54, 1.807) is 11.3 Å². The van der Waals surface area contributed by atoms with Gasteiger partial charge >= 0.3 is 0 Å². The fourth-order valence-electron chi connectivity index (χ4n) is 2.48. The zero-order chi connectivity index (χ0) is 14.6. The van der Waals surface area contributed by atoms with Crippen LogP contribution in [0.5, 0.6) is 0 Å². The molecule has 0 amide bonds. The summed E-state index contributed by atoms with van der Waals surface area (Å²) in [6.45, 7) is 7.48. The van der Waals surface area contributed by atoms with Gasteiger partial charge in [0.2, 0.25) is 0 Å². The number of ether oxygens (including phenoxy) is 1. The normalized spacial score (nSPS) is 21.9. The number of nitrogens with two attached hydrogens (primary N) is 1. The first-order valence-electron chi connectivity index (χ1n) is 7.51. The molecular formula is C15H27N3OS. The average Bonchev–Trinajstić information content (AvgIpc) is 2.87. The number of thiazole rings is 1. The lowest BCUT2D eigenvalue weighted by atomic mass is 9.93. The molecule has 0 aromatic carbocycles. The van der Waals surface area contributed by atoms with Crippen molar-refractivity contribution in [1.29, 1.82) is 0 Å². The highest BCUT2D eigenvalue weighted by atomic mass is 32.1. The molecule has 114 valence electrons. The second kappa shape index (κ2) is 6.98. The Hall–Kier alpha value is -0.490. The molecule has 1 aliphatic rings. The molecule has 0 spiro atoms. The molecule has 2 rings (SSSR count). The molecule has 0 bridgehead atoms. The molecule has 1 saturated heterocycles. The van der Waals surface area contributed by atoms with Gasteiger partial charge in [0, 0.05) is 29.9 Å². The van der Waals surface area contributed by atoms with Crippen molar-refractivity contribution in [2.75, 3.05) is 6.61 Å². The molecule has 4 nitrogen and oxygen atoms in total. The van der Waals surface area contributed by atoms with Gasteiger partial charge in [-0.25, -0.2) is 4.98 Å². The zero-order valence-corrected chi connectivity index (χ0v) is 13.6. The Morgan fingerprint density at radius 3 is 2.85 bits per heavy atom. The maximum atomic E-state index is 5.79. The molecule has 1 fully saturated rings. The summed E-state index contributed by atoms with van der Waals surface area (Å²) in [6.07, 6.45) is 5.83. The van der Waals surface area contributed by atoms with E-state index in [1.807, 2.05) is 0 Å². The summed E-state index contributed by atoms with van der Waals surface area (Å²) in [5.74, 6) is 5.70. The van der Waals surface area contributed by atoms with Gasteiger partial charge in [-0.3, -0.25) is 11.3 Å². The van der Waals surface area contributed by atoms with Crippen molar-refractivity contribution in [3.05, 3.63) is 16.1 Å². The van der Waals surface area contributed by atoms with Crippen molar-refractivity contribution >= 4 is 11.3 Å². The predicted octanol–water partition coefficient (Wildman–Crippen LogP) is 2.77. The van der Waals surface area contributed by atoms with Gasteiger partial charge in [-0.2, -0.15) is 0 Å². The smallest absolute Gasteiger partial charge is 0.0944 e. The Morgan fingerprint density at radius 2 is 2.30 bits per heavy atom. The maximum Gasteiger partial charge on any atom is 0.0944 e. The molecule has 1 aromatic heterocycles. The van der Waals surface area contributed by atoms with Crippen molar-refractivity contribution in [1.82, 2.24) is 10.4 Å². The number of hydrogen-bond donors (Lipinski definition) is 2. The standard InChI is InChI=1S/C15H27N3OS/c1-15(2,3)13-10-20-14(17-13)9-11(18-16)8-12-6-4-5-7-19-12/h10-12,18H,4-9,16H2,1-3H3. The van der Waals surface area contributed by atoms with E-state index in [2.05, 4.69) is 31.6 Å². The molecule has 0 saturated carbocycles. The SMILES string of the molecule is CC(C)(C)c1csc(CC(CC2CCCCO2)NN)n1. The van der Waals surface area contributed by atoms with Crippen LogP contribution in [0.1, 0.15) is 57.2 Å². The second-order valence-electron chi connectivity index (χ2n) is 6.67. The zero-order valence-electron chi connectivity index (χ0n) is 12.8. The van der Waals surface area contributed by atoms with Gasteiger partial charge in [-0.05, 0) is 25.7 Å². The number of nitrogens with zero attached hydrogens (tertiary/aromatic N) is 1. The van der Waals surface area contributed by atoms with Crippen LogP contribution in [0.15, 0.2) is 5.38 Å². The van der Waals surface area contributed by atoms with E-state index in [0.29, 0.717) is 6.10 Å². The lowest BCUT2D eigenvalue weighted by Crippen LogP contribution is -2.40. The first-order valence-corrected chi connectivity index (χ1v) is 8.39. The molecule has 1 aliphatic heterocycles. The van der Waals surface area contributed by atoms with Crippen LogP contribution in [0.2, 0.25) is 0 Å². The Labute approximate surface area is 126 Å². The highest BCUT2D eigenvalue weighted by Gasteiger charge is 2.22. The average molecular weight is 297 g/mol. The molecule has 0 aliphatic carbocycles. The topological polar surface area (TPSA) is 60.2 Å². The second-order valence-corrected chi connectivity index (χ2v) is 7.61. The van der Waals surface area contributed by atoms with Crippen LogP contribution in [-0.2, 0) is 16.6 Å². The molecule has 0 radical (unpaired) electrons. The van der Waals surface area contributed by atoms with E-state index < -0.39 is 0 Å². The number of nitrogens with one attached hydrogen (secondary N) is 1. The highest BCUT2D eigenvalue weighted by molar-refractivity contribution is 7.09. The van der Waals surface area contributed by atoms with Gasteiger partial charge in [0.05, 0.1) is 16.8 Å². The Balaban J connectivity index is 1.90. The van der Waals surface area contributed by atoms with Crippen LogP contribution in [-0.4, -0.2) is 23.7 Å². The predicted molar refractivity (Wildman–Crippen MR) is 83.8 cm³/mol. The van der Waals surface area contributed by atoms with Crippen LogP contribution in [0, 0.1) is 0 Å². The quantitative estimate of drug-likeness (QED) is 0.648. The van der Waals surface area contributed by atoms with Crippen molar-refractivity contribution < 1.29 is 4.74 Å². The third-order valence-corrected chi connectivity index (χ3v) is 4.67. The van der Waals surface area contributed by atoms with Crippen LogP contribution < -0.4 is 11.3 Å². The summed E-state index contributed by atoms with van der Waals surface area (Å²) in [6, 6.07) is 0.247. The number of hydrazine groups is 1. The van der Waals surface area contributed by atoms with Crippen molar-refractivity contribution in [3.63, 3.8) is 0 Å². The number of hydrogen-bond acceptors (Lipinski definition) is 5. The van der Waals surface area contributed by atoms with E-state index in [9.17, 15) is 0 Å². The molecule has 1 aromatic rings. The van der Waals surface area contributed by atoms with E-state index in [0.717, 1.165) is 30.9 Å². The first kappa shape index (κ1) is 15.9. The minimum absolute atomic E-state index is 0.118. The highest BCUT2D eigenvalue weighted by Crippen LogP contribution is 2.25. The lowest BCUT2D eigenvalue weighted by molar-refractivity contribution is 0.00523. The van der Waals surface area contributed by atoms with E-state index in [4.69, 9.17) is 15.6 Å². The van der Waals surface area contributed by atoms with Gasteiger partial charge < -0.3 is 4.74 Å². The maximum absolute atomic E-state index is 5.79. The van der Waals surface area contributed by atoms with Crippen molar-refractivity contribution in [2.45, 2.75) is 70.4 Å². The van der Waals surface area contributed by atoms with Crippen LogP contribution >= 0.6 is 11.3 Å². The molecule has 2 atom stereocenters. The largest absolute Gasteiger partial charge is 0.378 e. The van der Waals surface area contributed by atoms with Crippen LogP contribution in [0.25, 0.3) is 0 Å². The Kier molecular flexibility index (Phi) is 5.55. The van der Waals surface area contributed by atoms with Crippen molar-refractivity contribution in [2.24, 2.45) is 5.84 Å². The molecular weight excluding hydrogens is 270 g/mol. The third-order valence-electron chi connectivity index (χ3n) is 3.80. The molecule has 2 heterocycles. The van der Waals surface area contributed by atoms with E-state index in [-0.39, 0.29) is 11.5 Å². The van der Waals surface area contributed by atoms with Gasteiger partial charge in [0.15, 0.2) is 0 Å². The fraction of sp³-hybridized carbons (Fsp3) is 0.800. The number of aromatic nitrogens is 1. The first-order chi connectivity index (χ1) is 9.49. The minimum atomic E-state index is 0.118. The summed E-state index contributed by atoms with van der Waals surface area (Å²) >= 11 is 1.73. The van der Waals surface area contributed by atoms with Gasteiger partial charge in [0.1, 0.15) is 0 Å². The fourth-order valence-corrected chi connectivity index (χ4v) is 3.58. The van der Waals surface area contributed by atoms with Gasteiger partial charge in [-0.15, -0.1) is 11.3 Å². The lowest BCUT2D eigenvalue weighted by Gasteiger charge is -2.26. The van der Waals surface area contributed by atoms with E-state index in [1.165, 1.54) is 18.5 Å². The summed E-state index contributed by atoms with van der Waals surface area (Å²) < 4.78 is 5.79. The van der Waals surface area contributed by atoms with Crippen LogP contribution in [0.4, 0.5) is 0 Å². The summed E-state index contributed by atoms with van der Waals surface area (Å²) in [5, 5.41) is 3.33. The molecule has 5 heteroatoms. The Bertz CT molecular complexity index is 407. The molecule has 2 unspecified atom stereocenters. The number of rotatable bonds is 5. The molecule has 20 heavy (non-hydrogen) atoms. The summed E-state index contributed by atoms with van der Waals surface area (Å²) in [7, 11) is 0. The van der Waals surface area contributed by atoms with Crippen LogP contribution in [0.3, 0.4) is 0 Å². The van der Waals surface area contributed by atoms with Gasteiger partial charge in [-0.1, -0.05) is 20.8 Å². The van der Waals surface area contributed by atoms with Gasteiger partial charge in [0.25, 0.3) is 0 Å². The third kappa shape index (κ3) is 4.52. The van der Waals surface area contributed by atoms with Crippen molar-refractivity contribution in [3.8, 4) is 0 Å². The summed E-state index contributed by atoms with van der Waals surface area (Å²) in [4.78, 5) is 4.74. The van der Waals surface area contributed by atoms with E-state index >= 15 is 0 Å². The summed E-state index contributed by atoms with van der Waals surface area (Å²) in [5.41, 5.74) is 4.22.